The number of ether oxygens (including phenoxy) is 1. The molecule has 194 valence electrons. The summed E-state index contributed by atoms with van der Waals surface area (Å²) in [6.45, 7) is 5.48. The number of nitrogens with one attached hydrogen (secondary N) is 1. The molecule has 0 saturated carbocycles. The van der Waals surface area contributed by atoms with Crippen LogP contribution in [-0.4, -0.2) is 61.1 Å². The lowest BCUT2D eigenvalue weighted by Gasteiger charge is -2.32. The van der Waals surface area contributed by atoms with Crippen LogP contribution < -0.4 is 10.1 Å². The molecule has 0 aromatic heterocycles. The molecule has 0 saturated heterocycles. The highest BCUT2D eigenvalue weighted by Gasteiger charge is 2.41. The van der Waals surface area contributed by atoms with Crippen molar-refractivity contribution in [1.29, 1.82) is 0 Å². The number of rotatable bonds is 11. The molecule has 0 unspecified atom stereocenters. The van der Waals surface area contributed by atoms with Gasteiger partial charge in [0.15, 0.2) is 0 Å². The van der Waals surface area contributed by atoms with Gasteiger partial charge in [0.25, 0.3) is 15.9 Å². The van der Waals surface area contributed by atoms with Crippen LogP contribution in [-0.2, 0) is 26.2 Å². The van der Waals surface area contributed by atoms with Crippen molar-refractivity contribution in [2.24, 2.45) is 0 Å². The van der Waals surface area contributed by atoms with Gasteiger partial charge in [0, 0.05) is 25.6 Å². The number of carbonyl (C=O) groups is 3. The summed E-state index contributed by atoms with van der Waals surface area (Å²) >= 11 is 0. The highest BCUT2D eigenvalue weighted by Crippen LogP contribution is 2.30. The van der Waals surface area contributed by atoms with Crippen molar-refractivity contribution in [3.63, 3.8) is 0 Å². The topological polar surface area (TPSA) is 113 Å². The predicted molar refractivity (Wildman–Crippen MR) is 135 cm³/mol. The van der Waals surface area contributed by atoms with Gasteiger partial charge in [0.2, 0.25) is 11.8 Å². The van der Waals surface area contributed by atoms with E-state index in [1.54, 1.807) is 37.4 Å². The Morgan fingerprint density at radius 3 is 2.44 bits per heavy atom. The van der Waals surface area contributed by atoms with Crippen LogP contribution in [0.15, 0.2) is 53.4 Å². The fourth-order valence-electron chi connectivity index (χ4n) is 4.12. The third-order valence-electron chi connectivity index (χ3n) is 6.31. The van der Waals surface area contributed by atoms with Crippen LogP contribution in [0.2, 0.25) is 0 Å². The molecule has 3 rings (SSSR count). The standard InChI is InChI=1S/C26H33N3O6S/c1-5-18(3)27-25(31)22(6-2)28(17-19-10-9-11-20(16-19)35-4)24(30)14-15-29-26(32)21-12-7-8-13-23(21)36(29,33)34/h7-13,16,18,22H,5-6,14-15,17H2,1-4H3,(H,27,31)/t18-,22-/m1/s1. The molecule has 0 radical (unpaired) electrons. The smallest absolute Gasteiger partial charge is 0.269 e. The van der Waals surface area contributed by atoms with Crippen molar-refractivity contribution in [1.82, 2.24) is 14.5 Å². The van der Waals surface area contributed by atoms with Crippen LogP contribution in [0.5, 0.6) is 5.75 Å². The van der Waals surface area contributed by atoms with E-state index in [1.165, 1.54) is 17.0 Å². The van der Waals surface area contributed by atoms with Crippen LogP contribution in [0, 0.1) is 0 Å². The van der Waals surface area contributed by atoms with Crippen molar-refractivity contribution in [2.75, 3.05) is 13.7 Å². The highest BCUT2D eigenvalue weighted by atomic mass is 32.2. The minimum atomic E-state index is -4.03. The van der Waals surface area contributed by atoms with E-state index in [1.807, 2.05) is 26.8 Å². The molecule has 10 heteroatoms. The van der Waals surface area contributed by atoms with Crippen molar-refractivity contribution in [2.45, 2.75) is 63.6 Å². The molecule has 2 aromatic carbocycles. The maximum atomic E-state index is 13.5. The monoisotopic (exact) mass is 515 g/mol. The molecule has 36 heavy (non-hydrogen) atoms. The number of hydrogen-bond acceptors (Lipinski definition) is 6. The van der Waals surface area contributed by atoms with Crippen molar-refractivity contribution < 1.29 is 27.5 Å². The van der Waals surface area contributed by atoms with Gasteiger partial charge < -0.3 is 15.0 Å². The van der Waals surface area contributed by atoms with Gasteiger partial charge in [-0.05, 0) is 49.6 Å². The van der Waals surface area contributed by atoms with E-state index in [0.717, 1.165) is 16.3 Å². The normalized spacial score (nSPS) is 15.7. The molecule has 0 bridgehead atoms. The van der Waals surface area contributed by atoms with Gasteiger partial charge in [-0.2, -0.15) is 0 Å². The second-order valence-electron chi connectivity index (χ2n) is 8.74. The minimum absolute atomic E-state index is 0.0601. The first-order valence-corrected chi connectivity index (χ1v) is 13.5. The first-order chi connectivity index (χ1) is 17.1. The quantitative estimate of drug-likeness (QED) is 0.492. The molecule has 2 atom stereocenters. The van der Waals surface area contributed by atoms with E-state index >= 15 is 0 Å². The summed E-state index contributed by atoms with van der Waals surface area (Å²) in [5.74, 6) is -0.744. The fraction of sp³-hybridized carbons (Fsp3) is 0.423. The third-order valence-corrected chi connectivity index (χ3v) is 8.16. The highest BCUT2D eigenvalue weighted by molar-refractivity contribution is 7.90. The molecule has 1 aliphatic rings. The number of benzene rings is 2. The average Bonchev–Trinajstić information content (AvgIpc) is 3.07. The Kier molecular flexibility index (Phi) is 8.73. The number of fused-ring (bicyclic) bond motifs is 1. The molecule has 9 nitrogen and oxygen atoms in total. The summed E-state index contributed by atoms with van der Waals surface area (Å²) in [6, 6.07) is 12.3. The van der Waals surface area contributed by atoms with E-state index in [4.69, 9.17) is 4.74 Å². The number of hydrogen-bond donors (Lipinski definition) is 1. The summed E-state index contributed by atoms with van der Waals surface area (Å²) in [7, 11) is -2.49. The number of amides is 3. The number of nitrogens with zero attached hydrogens (tertiary/aromatic N) is 2. The fourth-order valence-corrected chi connectivity index (χ4v) is 5.69. The van der Waals surface area contributed by atoms with E-state index in [9.17, 15) is 22.8 Å². The molecule has 0 aliphatic carbocycles. The van der Waals surface area contributed by atoms with E-state index in [0.29, 0.717) is 12.2 Å². The number of sulfonamides is 1. The second-order valence-corrected chi connectivity index (χ2v) is 10.6. The van der Waals surface area contributed by atoms with Gasteiger partial charge in [-0.25, -0.2) is 12.7 Å². The molecule has 2 aromatic rings. The molecule has 3 amide bonds. The maximum absolute atomic E-state index is 13.5. The van der Waals surface area contributed by atoms with Crippen molar-refractivity contribution >= 4 is 27.7 Å². The Hall–Kier alpha value is -3.40. The Morgan fingerprint density at radius 1 is 1.08 bits per heavy atom. The third kappa shape index (κ3) is 5.70. The van der Waals surface area contributed by atoms with Crippen molar-refractivity contribution in [3.8, 4) is 5.75 Å². The number of methoxy groups -OCH3 is 1. The molecule has 0 fully saturated rings. The summed E-state index contributed by atoms with van der Waals surface area (Å²) in [6.07, 6.45) is 0.849. The van der Waals surface area contributed by atoms with Crippen LogP contribution in [0.3, 0.4) is 0 Å². The summed E-state index contributed by atoms with van der Waals surface area (Å²) in [5.41, 5.74) is 0.854. The van der Waals surface area contributed by atoms with Crippen LogP contribution in [0.1, 0.15) is 56.0 Å². The van der Waals surface area contributed by atoms with E-state index < -0.39 is 27.9 Å². The average molecular weight is 516 g/mol. The zero-order chi connectivity index (χ0) is 26.5. The lowest BCUT2D eigenvalue weighted by atomic mass is 10.1. The van der Waals surface area contributed by atoms with Crippen molar-refractivity contribution in [3.05, 3.63) is 59.7 Å². The molecule has 1 aliphatic heterocycles. The van der Waals surface area contributed by atoms with E-state index in [-0.39, 0.29) is 41.9 Å². The van der Waals surface area contributed by atoms with Gasteiger partial charge >= 0.3 is 0 Å². The Morgan fingerprint density at radius 2 is 1.81 bits per heavy atom. The summed E-state index contributed by atoms with van der Waals surface area (Å²) in [5, 5.41) is 2.94. The van der Waals surface area contributed by atoms with E-state index in [2.05, 4.69) is 5.32 Å². The zero-order valence-electron chi connectivity index (χ0n) is 21.1. The molecule has 1 heterocycles. The molecule has 1 N–H and O–H groups in total. The van der Waals surface area contributed by atoms with Gasteiger partial charge in [-0.15, -0.1) is 0 Å². The first kappa shape index (κ1) is 27.2. The van der Waals surface area contributed by atoms with Gasteiger partial charge in [-0.1, -0.05) is 38.1 Å². The molecule has 0 spiro atoms. The summed E-state index contributed by atoms with van der Waals surface area (Å²) < 4.78 is 31.8. The van der Waals surface area contributed by atoms with Crippen LogP contribution >= 0.6 is 0 Å². The van der Waals surface area contributed by atoms with Crippen LogP contribution in [0.25, 0.3) is 0 Å². The summed E-state index contributed by atoms with van der Waals surface area (Å²) in [4.78, 5) is 40.7. The van der Waals surface area contributed by atoms with Gasteiger partial charge in [0.05, 0.1) is 12.7 Å². The number of carbonyl (C=O) groups excluding carboxylic acids is 3. The van der Waals surface area contributed by atoms with Gasteiger partial charge in [0.1, 0.15) is 16.7 Å². The zero-order valence-corrected chi connectivity index (χ0v) is 21.9. The minimum Gasteiger partial charge on any atom is -0.497 e. The van der Waals surface area contributed by atoms with Gasteiger partial charge in [-0.3, -0.25) is 14.4 Å². The Bertz CT molecular complexity index is 1230. The largest absolute Gasteiger partial charge is 0.497 e. The van der Waals surface area contributed by atoms with Crippen LogP contribution in [0.4, 0.5) is 0 Å². The maximum Gasteiger partial charge on any atom is 0.269 e. The Labute approximate surface area is 212 Å². The molecular formula is C26H33N3O6S. The second kappa shape index (κ2) is 11.6. The predicted octanol–water partition coefficient (Wildman–Crippen LogP) is 2.95. The SMILES string of the molecule is CC[C@@H](C)NC(=O)[C@@H](CC)N(Cc1cccc(OC)c1)C(=O)CCN1C(=O)c2ccccc2S1(=O)=O. The lowest BCUT2D eigenvalue weighted by molar-refractivity contribution is -0.141. The Balaban J connectivity index is 1.84. The lowest BCUT2D eigenvalue weighted by Crippen LogP contribution is -2.51. The molecular weight excluding hydrogens is 482 g/mol. The first-order valence-electron chi connectivity index (χ1n) is 12.0.